The molecule has 7 heteroatoms. The molecular weight excluding hydrogens is 482 g/mol. The summed E-state index contributed by atoms with van der Waals surface area (Å²) in [6.07, 6.45) is 1.66. The van der Waals surface area contributed by atoms with Gasteiger partial charge in [0.15, 0.2) is 6.61 Å². The molecule has 3 aromatic carbocycles. The number of benzene rings is 3. The lowest BCUT2D eigenvalue weighted by atomic mass is 9.82. The van der Waals surface area contributed by atoms with Crippen LogP contribution in [0.1, 0.15) is 34.4 Å². The molecule has 1 amide bonds. The van der Waals surface area contributed by atoms with Gasteiger partial charge in [0.25, 0.3) is 5.91 Å². The third-order valence-corrected chi connectivity index (χ3v) is 6.83. The molecule has 5 rings (SSSR count). The maximum atomic E-state index is 12.4. The molecule has 1 aromatic heterocycles. The smallest absolute Gasteiger partial charge is 0.280 e. The van der Waals surface area contributed by atoms with Crippen LogP contribution in [0.25, 0.3) is 5.76 Å². The average Bonchev–Trinajstić information content (AvgIpc) is 3.49. The van der Waals surface area contributed by atoms with Gasteiger partial charge in [-0.3, -0.25) is 4.79 Å². The van der Waals surface area contributed by atoms with Gasteiger partial charge in [-0.05, 0) is 30.0 Å². The number of fused-ring (bicyclic) bond motifs is 1. The molecule has 1 aliphatic heterocycles. The van der Waals surface area contributed by atoms with E-state index in [0.29, 0.717) is 11.5 Å². The summed E-state index contributed by atoms with van der Waals surface area (Å²) in [5.41, 5.74) is 7.16. The summed E-state index contributed by atoms with van der Waals surface area (Å²) in [6.45, 7) is 1.59. The van der Waals surface area contributed by atoms with Gasteiger partial charge in [-0.15, -0.1) is 11.3 Å². The van der Waals surface area contributed by atoms with E-state index in [0.717, 1.165) is 32.9 Å². The summed E-state index contributed by atoms with van der Waals surface area (Å²) in [4.78, 5) is 18.6. The summed E-state index contributed by atoms with van der Waals surface area (Å²) in [6, 6.07) is 32.0. The van der Waals surface area contributed by atoms with Gasteiger partial charge < -0.3 is 9.57 Å². The second-order valence-electron chi connectivity index (χ2n) is 8.35. The summed E-state index contributed by atoms with van der Waals surface area (Å²) < 4.78 is 6.40. The zero-order valence-corrected chi connectivity index (χ0v) is 21.0. The van der Waals surface area contributed by atoms with Crippen LogP contribution in [0.2, 0.25) is 0 Å². The number of thiophene rings is 1. The Morgan fingerprint density at radius 3 is 2.46 bits per heavy atom. The Hall–Kier alpha value is -4.49. The Bertz CT molecular complexity index is 1450. The number of rotatable bonds is 8. The lowest BCUT2D eigenvalue weighted by Crippen LogP contribution is -2.23. The van der Waals surface area contributed by atoms with Crippen LogP contribution in [0.5, 0.6) is 5.75 Å². The highest BCUT2D eigenvalue weighted by Gasteiger charge is 2.30. The predicted molar refractivity (Wildman–Crippen MR) is 148 cm³/mol. The van der Waals surface area contributed by atoms with Crippen molar-refractivity contribution in [1.29, 1.82) is 0 Å². The zero-order chi connectivity index (χ0) is 25.5. The minimum absolute atomic E-state index is 0.128. The molecule has 0 saturated heterocycles. The predicted octanol–water partition coefficient (Wildman–Crippen LogP) is 6.23. The van der Waals surface area contributed by atoms with Crippen LogP contribution < -0.4 is 10.2 Å². The molecule has 1 atom stereocenters. The second kappa shape index (κ2) is 11.5. The number of carbonyl (C=O) groups is 1. The number of carbonyl (C=O) groups excluding carboxylic acids is 1. The van der Waals surface area contributed by atoms with Crippen LogP contribution in [0.15, 0.2) is 118 Å². The number of ether oxygens (including phenoxy) is 1. The molecule has 0 radical (unpaired) electrons. The first-order valence-corrected chi connectivity index (χ1v) is 12.7. The van der Waals surface area contributed by atoms with E-state index in [-0.39, 0.29) is 12.5 Å². The number of allylic oxidation sites excluding steroid dienone is 1. The summed E-state index contributed by atoms with van der Waals surface area (Å²) >= 11 is 1.56. The summed E-state index contributed by atoms with van der Waals surface area (Å²) in [5, 5.41) is 10.3. The number of hydrogen-bond acceptors (Lipinski definition) is 6. The minimum Gasteiger partial charge on any atom is -0.456 e. The Balaban J connectivity index is 1.41. The van der Waals surface area contributed by atoms with Crippen molar-refractivity contribution in [1.82, 2.24) is 5.43 Å². The first-order valence-electron chi connectivity index (χ1n) is 11.8. The number of amides is 1. The van der Waals surface area contributed by atoms with E-state index in [2.05, 4.69) is 33.9 Å². The maximum absolute atomic E-state index is 12.4. The monoisotopic (exact) mass is 507 g/mol. The molecule has 0 fully saturated rings. The Kier molecular flexibility index (Phi) is 7.52. The van der Waals surface area contributed by atoms with E-state index in [1.54, 1.807) is 17.6 Å². The fourth-order valence-electron chi connectivity index (χ4n) is 4.16. The topological polar surface area (TPSA) is 72.3 Å². The second-order valence-corrected chi connectivity index (χ2v) is 9.30. The SMILES string of the molecule is C/C(=N\OCC(=O)N/N=C\C1=C(c2ccccc2)Oc2ccccc2[C@@H]1c1ccccc1)c1cccs1. The van der Waals surface area contributed by atoms with Crippen molar-refractivity contribution >= 4 is 34.9 Å². The highest BCUT2D eigenvalue weighted by molar-refractivity contribution is 7.12. The molecule has 0 bridgehead atoms. The molecule has 0 aliphatic carbocycles. The molecule has 0 saturated carbocycles. The van der Waals surface area contributed by atoms with Crippen LogP contribution in [-0.4, -0.2) is 24.4 Å². The van der Waals surface area contributed by atoms with E-state index in [9.17, 15) is 4.79 Å². The minimum atomic E-state index is -0.408. The van der Waals surface area contributed by atoms with Crippen molar-refractivity contribution in [2.75, 3.05) is 6.61 Å². The van der Waals surface area contributed by atoms with Gasteiger partial charge >= 0.3 is 0 Å². The van der Waals surface area contributed by atoms with Crippen molar-refractivity contribution in [3.8, 4) is 5.75 Å². The van der Waals surface area contributed by atoms with Crippen LogP contribution >= 0.6 is 11.3 Å². The van der Waals surface area contributed by atoms with Gasteiger partial charge in [0, 0.05) is 22.6 Å². The third kappa shape index (κ3) is 5.68. The van der Waals surface area contributed by atoms with E-state index in [4.69, 9.17) is 9.57 Å². The maximum Gasteiger partial charge on any atom is 0.280 e. The molecule has 1 aliphatic rings. The molecule has 0 spiro atoms. The number of hydrogen-bond donors (Lipinski definition) is 1. The van der Waals surface area contributed by atoms with Crippen molar-refractivity contribution in [2.24, 2.45) is 10.3 Å². The largest absolute Gasteiger partial charge is 0.456 e. The first kappa shape index (κ1) is 24.2. The van der Waals surface area contributed by atoms with Crippen molar-refractivity contribution in [2.45, 2.75) is 12.8 Å². The Morgan fingerprint density at radius 1 is 0.973 bits per heavy atom. The zero-order valence-electron chi connectivity index (χ0n) is 20.2. The van der Waals surface area contributed by atoms with Crippen LogP contribution in [-0.2, 0) is 9.63 Å². The van der Waals surface area contributed by atoms with Crippen LogP contribution in [0, 0.1) is 0 Å². The molecule has 6 nitrogen and oxygen atoms in total. The fourth-order valence-corrected chi connectivity index (χ4v) is 4.82. The molecular formula is C30H25N3O3S. The highest BCUT2D eigenvalue weighted by Crippen LogP contribution is 2.44. The standard InChI is InChI=1S/C30H25N3O3S/c1-21(27-17-10-18-37-27)33-35-20-28(34)32-31-19-25-29(22-11-4-2-5-12-22)24-15-8-9-16-26(24)36-30(25)23-13-6-3-7-14-23/h2-19,29H,20H2,1H3,(H,32,34)/b31-19-,33-21+/t29-/m0/s1. The van der Waals surface area contributed by atoms with Crippen molar-refractivity contribution < 1.29 is 14.4 Å². The van der Waals surface area contributed by atoms with Gasteiger partial charge in [-0.2, -0.15) is 5.10 Å². The lowest BCUT2D eigenvalue weighted by Gasteiger charge is -2.29. The van der Waals surface area contributed by atoms with E-state index >= 15 is 0 Å². The summed E-state index contributed by atoms with van der Waals surface area (Å²) in [5.74, 6) is 0.952. The molecule has 4 aromatic rings. The first-order chi connectivity index (χ1) is 18.2. The van der Waals surface area contributed by atoms with Crippen molar-refractivity contribution in [3.63, 3.8) is 0 Å². The lowest BCUT2D eigenvalue weighted by molar-refractivity contribution is -0.125. The number of nitrogens with zero attached hydrogens (tertiary/aromatic N) is 2. The van der Waals surface area contributed by atoms with E-state index < -0.39 is 5.91 Å². The normalized spacial score (nSPS) is 15.3. The Morgan fingerprint density at radius 2 is 1.70 bits per heavy atom. The molecule has 0 unspecified atom stereocenters. The number of para-hydroxylation sites is 1. The highest BCUT2D eigenvalue weighted by atomic mass is 32.1. The molecule has 2 heterocycles. The van der Waals surface area contributed by atoms with Crippen molar-refractivity contribution in [3.05, 3.63) is 130 Å². The third-order valence-electron chi connectivity index (χ3n) is 5.85. The number of hydrazone groups is 1. The Labute approximate surface area is 219 Å². The van der Waals surface area contributed by atoms with Gasteiger partial charge in [0.2, 0.25) is 0 Å². The average molecular weight is 508 g/mol. The molecule has 184 valence electrons. The van der Waals surface area contributed by atoms with Gasteiger partial charge in [-0.1, -0.05) is 90.1 Å². The van der Waals surface area contributed by atoms with E-state index in [1.165, 1.54) is 0 Å². The fraction of sp³-hybridized carbons (Fsp3) is 0.100. The molecule has 37 heavy (non-hydrogen) atoms. The molecule has 1 N–H and O–H groups in total. The van der Waals surface area contributed by atoms with E-state index in [1.807, 2.05) is 91.2 Å². The quantitative estimate of drug-likeness (QED) is 0.227. The van der Waals surface area contributed by atoms with Crippen LogP contribution in [0.3, 0.4) is 0 Å². The number of nitrogens with one attached hydrogen (secondary N) is 1. The summed E-state index contributed by atoms with van der Waals surface area (Å²) in [7, 11) is 0. The van der Waals surface area contributed by atoms with Gasteiger partial charge in [0.1, 0.15) is 11.5 Å². The van der Waals surface area contributed by atoms with Gasteiger partial charge in [0.05, 0.1) is 16.8 Å². The van der Waals surface area contributed by atoms with Crippen LogP contribution in [0.4, 0.5) is 0 Å². The number of oxime groups is 1. The van der Waals surface area contributed by atoms with Gasteiger partial charge in [-0.25, -0.2) is 5.43 Å².